The first kappa shape index (κ1) is 15.5. The fraction of sp³-hybridized carbons (Fsp3) is 0.438. The van der Waals surface area contributed by atoms with E-state index < -0.39 is 12.1 Å². The predicted molar refractivity (Wildman–Crippen MR) is 83.5 cm³/mol. The molecular weight excluding hydrogens is 296 g/mol. The number of urea groups is 1. The third-order valence-electron chi connectivity index (χ3n) is 4.18. The molecule has 1 aromatic rings. The Morgan fingerprint density at radius 1 is 1.13 bits per heavy atom. The molecule has 2 aliphatic rings. The van der Waals surface area contributed by atoms with E-state index in [9.17, 15) is 14.4 Å². The predicted octanol–water partition coefficient (Wildman–Crippen LogP) is 0.101. The Kier molecular flexibility index (Phi) is 4.57. The van der Waals surface area contributed by atoms with E-state index in [2.05, 4.69) is 10.6 Å². The van der Waals surface area contributed by atoms with Gasteiger partial charge in [0.15, 0.2) is 0 Å². The summed E-state index contributed by atoms with van der Waals surface area (Å²) in [6.07, 6.45) is 0.167. The fourth-order valence-corrected chi connectivity index (χ4v) is 2.88. The standard InChI is InChI=1S/C16H20N4O3/c21-13(19-10-7-17-8-11-19)6-9-20-15(22)14(18-16(20)23)12-4-2-1-3-5-12/h1-5,14,17H,6-11H2,(H,18,23). The lowest BCUT2D eigenvalue weighted by atomic mass is 10.1. The summed E-state index contributed by atoms with van der Waals surface area (Å²) in [4.78, 5) is 39.5. The van der Waals surface area contributed by atoms with Gasteiger partial charge in [-0.1, -0.05) is 30.3 Å². The maximum Gasteiger partial charge on any atom is 0.325 e. The number of nitrogens with zero attached hydrogens (tertiary/aromatic N) is 2. The number of hydrogen-bond donors (Lipinski definition) is 2. The molecule has 0 spiro atoms. The van der Waals surface area contributed by atoms with Gasteiger partial charge in [0.1, 0.15) is 6.04 Å². The van der Waals surface area contributed by atoms with Crippen LogP contribution in [-0.2, 0) is 9.59 Å². The molecule has 2 aliphatic heterocycles. The molecule has 0 aromatic heterocycles. The molecular formula is C16H20N4O3. The van der Waals surface area contributed by atoms with Gasteiger partial charge in [-0.15, -0.1) is 0 Å². The summed E-state index contributed by atoms with van der Waals surface area (Å²) >= 11 is 0. The smallest absolute Gasteiger partial charge is 0.325 e. The molecule has 2 heterocycles. The minimum Gasteiger partial charge on any atom is -0.340 e. The Balaban J connectivity index is 1.59. The number of nitrogens with one attached hydrogen (secondary N) is 2. The van der Waals surface area contributed by atoms with Crippen molar-refractivity contribution in [3.8, 4) is 0 Å². The highest BCUT2D eigenvalue weighted by molar-refractivity contribution is 6.04. The van der Waals surface area contributed by atoms with Crippen LogP contribution in [0.5, 0.6) is 0 Å². The van der Waals surface area contributed by atoms with Crippen molar-refractivity contribution in [1.82, 2.24) is 20.4 Å². The molecule has 7 nitrogen and oxygen atoms in total. The van der Waals surface area contributed by atoms with Gasteiger partial charge in [-0.2, -0.15) is 0 Å². The van der Waals surface area contributed by atoms with Gasteiger partial charge in [-0.3, -0.25) is 14.5 Å². The molecule has 0 saturated carbocycles. The van der Waals surface area contributed by atoms with Crippen molar-refractivity contribution in [3.05, 3.63) is 35.9 Å². The average Bonchev–Trinajstić information content (AvgIpc) is 2.88. The Morgan fingerprint density at radius 2 is 1.83 bits per heavy atom. The van der Waals surface area contributed by atoms with Crippen LogP contribution in [0.25, 0.3) is 0 Å². The molecule has 4 amide bonds. The Bertz CT molecular complexity index is 599. The van der Waals surface area contributed by atoms with Crippen LogP contribution in [0.1, 0.15) is 18.0 Å². The minimum atomic E-state index is -0.655. The zero-order chi connectivity index (χ0) is 16.2. The molecule has 0 aliphatic carbocycles. The van der Waals surface area contributed by atoms with Crippen LogP contribution < -0.4 is 10.6 Å². The lowest BCUT2D eigenvalue weighted by molar-refractivity contribution is -0.132. The monoisotopic (exact) mass is 316 g/mol. The Labute approximate surface area is 134 Å². The lowest BCUT2D eigenvalue weighted by Gasteiger charge is -2.27. The van der Waals surface area contributed by atoms with Crippen molar-refractivity contribution in [2.24, 2.45) is 0 Å². The summed E-state index contributed by atoms with van der Waals surface area (Å²) in [6, 6.07) is 8.02. The van der Waals surface area contributed by atoms with E-state index >= 15 is 0 Å². The number of amides is 4. The molecule has 2 fully saturated rings. The van der Waals surface area contributed by atoms with Gasteiger partial charge in [0, 0.05) is 39.1 Å². The van der Waals surface area contributed by atoms with Gasteiger partial charge >= 0.3 is 6.03 Å². The largest absolute Gasteiger partial charge is 0.340 e. The molecule has 1 unspecified atom stereocenters. The highest BCUT2D eigenvalue weighted by Gasteiger charge is 2.38. The zero-order valence-corrected chi connectivity index (χ0v) is 12.8. The van der Waals surface area contributed by atoms with Crippen molar-refractivity contribution in [1.29, 1.82) is 0 Å². The maximum atomic E-state index is 12.4. The van der Waals surface area contributed by atoms with Gasteiger partial charge in [0.05, 0.1) is 0 Å². The normalized spacial score (nSPS) is 21.5. The number of imide groups is 1. The van der Waals surface area contributed by atoms with Crippen molar-refractivity contribution < 1.29 is 14.4 Å². The molecule has 122 valence electrons. The molecule has 3 rings (SSSR count). The molecule has 1 aromatic carbocycles. The number of carbonyl (C=O) groups excluding carboxylic acids is 3. The van der Waals surface area contributed by atoms with Crippen LogP contribution in [0.3, 0.4) is 0 Å². The highest BCUT2D eigenvalue weighted by Crippen LogP contribution is 2.21. The molecule has 23 heavy (non-hydrogen) atoms. The zero-order valence-electron chi connectivity index (χ0n) is 12.8. The van der Waals surface area contributed by atoms with E-state index in [4.69, 9.17) is 0 Å². The summed E-state index contributed by atoms with van der Waals surface area (Å²) in [5, 5.41) is 5.86. The summed E-state index contributed by atoms with van der Waals surface area (Å²) < 4.78 is 0. The Hall–Kier alpha value is -2.41. The van der Waals surface area contributed by atoms with E-state index in [0.717, 1.165) is 23.6 Å². The van der Waals surface area contributed by atoms with Gasteiger partial charge in [0.25, 0.3) is 5.91 Å². The van der Waals surface area contributed by atoms with E-state index in [1.54, 1.807) is 17.0 Å². The molecule has 1 atom stereocenters. The molecule has 2 N–H and O–H groups in total. The Morgan fingerprint density at radius 3 is 2.52 bits per heavy atom. The summed E-state index contributed by atoms with van der Waals surface area (Å²) in [6.45, 7) is 3.03. The summed E-state index contributed by atoms with van der Waals surface area (Å²) in [5.74, 6) is -0.315. The first-order valence-electron chi connectivity index (χ1n) is 7.82. The van der Waals surface area contributed by atoms with Gasteiger partial charge in [-0.25, -0.2) is 4.79 Å². The fourth-order valence-electron chi connectivity index (χ4n) is 2.88. The topological polar surface area (TPSA) is 81.8 Å². The third kappa shape index (κ3) is 3.34. The van der Waals surface area contributed by atoms with E-state index in [0.29, 0.717) is 13.1 Å². The third-order valence-corrected chi connectivity index (χ3v) is 4.18. The van der Waals surface area contributed by atoms with Gasteiger partial charge in [-0.05, 0) is 5.56 Å². The molecule has 7 heteroatoms. The van der Waals surface area contributed by atoms with Crippen LogP contribution in [-0.4, -0.2) is 60.4 Å². The summed E-state index contributed by atoms with van der Waals surface area (Å²) in [5.41, 5.74) is 0.752. The highest BCUT2D eigenvalue weighted by atomic mass is 16.2. The second-order valence-electron chi connectivity index (χ2n) is 5.66. The maximum absolute atomic E-state index is 12.4. The van der Waals surface area contributed by atoms with Crippen molar-refractivity contribution in [2.75, 3.05) is 32.7 Å². The van der Waals surface area contributed by atoms with Crippen LogP contribution >= 0.6 is 0 Å². The minimum absolute atomic E-state index is 0.0183. The van der Waals surface area contributed by atoms with E-state index in [1.165, 1.54) is 0 Å². The SMILES string of the molecule is O=C(CCN1C(=O)NC(c2ccccc2)C1=O)N1CCNCC1. The van der Waals surface area contributed by atoms with Crippen LogP contribution in [0.2, 0.25) is 0 Å². The lowest BCUT2D eigenvalue weighted by Crippen LogP contribution is -2.47. The van der Waals surface area contributed by atoms with E-state index in [1.807, 2.05) is 18.2 Å². The average molecular weight is 316 g/mol. The van der Waals surface area contributed by atoms with Crippen molar-refractivity contribution in [2.45, 2.75) is 12.5 Å². The summed E-state index contributed by atoms with van der Waals surface area (Å²) in [7, 11) is 0. The van der Waals surface area contributed by atoms with Gasteiger partial charge in [0.2, 0.25) is 5.91 Å². The van der Waals surface area contributed by atoms with Crippen LogP contribution in [0, 0.1) is 0 Å². The quantitative estimate of drug-likeness (QED) is 0.772. The van der Waals surface area contributed by atoms with Gasteiger partial charge < -0.3 is 15.5 Å². The first-order chi connectivity index (χ1) is 11.2. The van der Waals surface area contributed by atoms with Crippen LogP contribution in [0.4, 0.5) is 4.79 Å². The number of rotatable bonds is 4. The number of benzene rings is 1. The second kappa shape index (κ2) is 6.78. The number of carbonyl (C=O) groups is 3. The number of piperazine rings is 1. The van der Waals surface area contributed by atoms with E-state index in [-0.39, 0.29) is 24.8 Å². The number of hydrogen-bond acceptors (Lipinski definition) is 4. The molecule has 0 radical (unpaired) electrons. The second-order valence-corrected chi connectivity index (χ2v) is 5.66. The van der Waals surface area contributed by atoms with Crippen LogP contribution in [0.15, 0.2) is 30.3 Å². The van der Waals surface area contributed by atoms with Crippen molar-refractivity contribution in [3.63, 3.8) is 0 Å². The first-order valence-corrected chi connectivity index (χ1v) is 7.82. The molecule has 0 bridgehead atoms. The van der Waals surface area contributed by atoms with Crippen molar-refractivity contribution >= 4 is 17.8 Å². The molecule has 2 saturated heterocycles.